The van der Waals surface area contributed by atoms with Crippen molar-refractivity contribution in [3.63, 3.8) is 0 Å². The van der Waals surface area contributed by atoms with E-state index in [-0.39, 0.29) is 12.7 Å². The molecule has 2 rings (SSSR count). The number of aldehydes is 1. The summed E-state index contributed by atoms with van der Waals surface area (Å²) in [6, 6.07) is 5.31. The first kappa shape index (κ1) is 14.3. The van der Waals surface area contributed by atoms with E-state index in [9.17, 15) is 4.79 Å². The Balaban J connectivity index is 2.01. The second-order valence-electron chi connectivity index (χ2n) is 4.60. The molecule has 0 unspecified atom stereocenters. The minimum atomic E-state index is 0.0593. The van der Waals surface area contributed by atoms with Crippen molar-refractivity contribution in [1.82, 2.24) is 0 Å². The van der Waals surface area contributed by atoms with Gasteiger partial charge in [0.2, 0.25) is 0 Å². The van der Waals surface area contributed by atoms with Gasteiger partial charge < -0.3 is 14.7 Å². The lowest BCUT2D eigenvalue weighted by Crippen LogP contribution is -2.37. The molecule has 5 heteroatoms. The predicted molar refractivity (Wildman–Crippen MR) is 75.1 cm³/mol. The Hall–Kier alpha value is -1.10. The predicted octanol–water partition coefficient (Wildman–Crippen LogP) is 2.13. The number of rotatable bonds is 5. The summed E-state index contributed by atoms with van der Waals surface area (Å²) < 4.78 is 5.52. The van der Waals surface area contributed by atoms with Crippen LogP contribution in [0.25, 0.3) is 0 Å². The minimum Gasteiger partial charge on any atom is -0.394 e. The number of carbonyl (C=O) groups excluding carboxylic acids is 1. The van der Waals surface area contributed by atoms with E-state index in [0.717, 1.165) is 37.9 Å². The average molecular weight is 284 g/mol. The summed E-state index contributed by atoms with van der Waals surface area (Å²) in [5.41, 5.74) is 1.56. The Morgan fingerprint density at radius 3 is 2.79 bits per heavy atom. The second kappa shape index (κ2) is 6.89. The zero-order valence-electron chi connectivity index (χ0n) is 10.7. The van der Waals surface area contributed by atoms with Crippen LogP contribution in [-0.2, 0) is 4.74 Å². The molecule has 1 aliphatic heterocycles. The van der Waals surface area contributed by atoms with Crippen LogP contribution in [0.5, 0.6) is 0 Å². The van der Waals surface area contributed by atoms with Crippen LogP contribution in [-0.4, -0.2) is 43.8 Å². The van der Waals surface area contributed by atoms with Crippen molar-refractivity contribution in [1.29, 1.82) is 0 Å². The van der Waals surface area contributed by atoms with Gasteiger partial charge in [-0.2, -0.15) is 0 Å². The highest BCUT2D eigenvalue weighted by atomic mass is 35.5. The number of aliphatic hydroxyl groups excluding tert-OH is 1. The van der Waals surface area contributed by atoms with Crippen LogP contribution in [0, 0.1) is 0 Å². The molecule has 0 radical (unpaired) electrons. The summed E-state index contributed by atoms with van der Waals surface area (Å²) in [6.07, 6.45) is 2.84. The van der Waals surface area contributed by atoms with Gasteiger partial charge in [0.15, 0.2) is 6.29 Å². The highest BCUT2D eigenvalue weighted by molar-refractivity contribution is 6.31. The van der Waals surface area contributed by atoms with Crippen molar-refractivity contribution in [2.75, 3.05) is 31.2 Å². The standard InChI is InChI=1S/C14H18ClNO3/c15-12-2-1-11(10-18)14(9-12)16-5-3-13(4-6-16)19-8-7-17/h1-2,9-10,13,17H,3-8H2. The molecule has 19 heavy (non-hydrogen) atoms. The van der Waals surface area contributed by atoms with Gasteiger partial charge in [0.25, 0.3) is 0 Å². The highest BCUT2D eigenvalue weighted by Gasteiger charge is 2.21. The van der Waals surface area contributed by atoms with Gasteiger partial charge in [-0.1, -0.05) is 11.6 Å². The Labute approximate surface area is 117 Å². The molecule has 1 aliphatic rings. The van der Waals surface area contributed by atoms with Crippen LogP contribution in [0.3, 0.4) is 0 Å². The van der Waals surface area contributed by atoms with Crippen molar-refractivity contribution in [3.8, 4) is 0 Å². The molecule has 0 amide bonds. The lowest BCUT2D eigenvalue weighted by atomic mass is 10.1. The molecule has 0 atom stereocenters. The molecule has 0 saturated carbocycles. The van der Waals surface area contributed by atoms with Crippen LogP contribution in [0.2, 0.25) is 5.02 Å². The maximum atomic E-state index is 11.1. The number of ether oxygens (including phenoxy) is 1. The summed E-state index contributed by atoms with van der Waals surface area (Å²) in [5.74, 6) is 0. The maximum absolute atomic E-state index is 11.1. The number of hydrogen-bond donors (Lipinski definition) is 1. The quantitative estimate of drug-likeness (QED) is 0.841. The fraction of sp³-hybridized carbons (Fsp3) is 0.500. The fourth-order valence-corrected chi connectivity index (χ4v) is 2.54. The van der Waals surface area contributed by atoms with E-state index in [4.69, 9.17) is 21.4 Å². The van der Waals surface area contributed by atoms with Crippen LogP contribution in [0.4, 0.5) is 5.69 Å². The molecule has 104 valence electrons. The van der Waals surface area contributed by atoms with Crippen LogP contribution in [0.15, 0.2) is 18.2 Å². The fourth-order valence-electron chi connectivity index (χ4n) is 2.37. The molecular weight excluding hydrogens is 266 g/mol. The minimum absolute atomic E-state index is 0.0593. The highest BCUT2D eigenvalue weighted by Crippen LogP contribution is 2.27. The van der Waals surface area contributed by atoms with Crippen LogP contribution >= 0.6 is 11.6 Å². The van der Waals surface area contributed by atoms with Gasteiger partial charge in [-0.05, 0) is 31.0 Å². The van der Waals surface area contributed by atoms with Gasteiger partial charge in [0.05, 0.1) is 19.3 Å². The number of anilines is 1. The number of nitrogens with zero attached hydrogens (tertiary/aromatic N) is 1. The van der Waals surface area contributed by atoms with Crippen molar-refractivity contribution in [3.05, 3.63) is 28.8 Å². The summed E-state index contributed by atoms with van der Waals surface area (Å²) in [7, 11) is 0. The lowest BCUT2D eigenvalue weighted by molar-refractivity contribution is 0.0159. The molecule has 1 aromatic rings. The Kier molecular flexibility index (Phi) is 5.19. The molecule has 1 fully saturated rings. The molecule has 1 heterocycles. The van der Waals surface area contributed by atoms with Crippen molar-refractivity contribution >= 4 is 23.6 Å². The lowest BCUT2D eigenvalue weighted by Gasteiger charge is -2.34. The molecule has 0 bridgehead atoms. The van der Waals surface area contributed by atoms with Gasteiger partial charge in [-0.3, -0.25) is 4.79 Å². The summed E-state index contributed by atoms with van der Waals surface area (Å²) >= 11 is 6.00. The zero-order chi connectivity index (χ0) is 13.7. The molecular formula is C14H18ClNO3. The number of hydrogen-bond acceptors (Lipinski definition) is 4. The molecule has 0 aliphatic carbocycles. The third kappa shape index (κ3) is 3.69. The van der Waals surface area contributed by atoms with E-state index in [1.807, 2.05) is 6.07 Å². The number of benzene rings is 1. The van der Waals surface area contributed by atoms with Crippen LogP contribution in [0.1, 0.15) is 23.2 Å². The number of halogens is 1. The third-order valence-corrected chi connectivity index (χ3v) is 3.58. The Bertz CT molecular complexity index is 431. The van der Waals surface area contributed by atoms with E-state index in [1.165, 1.54) is 0 Å². The van der Waals surface area contributed by atoms with Gasteiger partial charge in [-0.15, -0.1) is 0 Å². The summed E-state index contributed by atoms with van der Waals surface area (Å²) in [5, 5.41) is 9.37. The monoisotopic (exact) mass is 283 g/mol. The first-order chi connectivity index (χ1) is 9.24. The summed E-state index contributed by atoms with van der Waals surface area (Å²) in [6.45, 7) is 2.11. The van der Waals surface area contributed by atoms with E-state index >= 15 is 0 Å². The molecule has 0 spiro atoms. The first-order valence-electron chi connectivity index (χ1n) is 6.46. The van der Waals surface area contributed by atoms with Gasteiger partial charge in [0, 0.05) is 29.4 Å². The average Bonchev–Trinajstić information content (AvgIpc) is 2.45. The topological polar surface area (TPSA) is 49.8 Å². The normalized spacial score (nSPS) is 16.6. The molecule has 1 saturated heterocycles. The molecule has 0 aromatic heterocycles. The van der Waals surface area contributed by atoms with Gasteiger partial charge >= 0.3 is 0 Å². The van der Waals surface area contributed by atoms with E-state index in [2.05, 4.69) is 4.90 Å². The third-order valence-electron chi connectivity index (χ3n) is 3.35. The molecule has 1 aromatic carbocycles. The number of aliphatic hydroxyl groups is 1. The largest absolute Gasteiger partial charge is 0.394 e. The summed E-state index contributed by atoms with van der Waals surface area (Å²) in [4.78, 5) is 13.2. The SMILES string of the molecule is O=Cc1ccc(Cl)cc1N1CCC(OCCO)CC1. The molecule has 4 nitrogen and oxygen atoms in total. The molecule has 1 N–H and O–H groups in total. The van der Waals surface area contributed by atoms with Crippen LogP contribution < -0.4 is 4.90 Å². The van der Waals surface area contributed by atoms with E-state index in [1.54, 1.807) is 12.1 Å². The smallest absolute Gasteiger partial charge is 0.152 e. The van der Waals surface area contributed by atoms with Crippen molar-refractivity contribution in [2.45, 2.75) is 18.9 Å². The van der Waals surface area contributed by atoms with Crippen molar-refractivity contribution < 1.29 is 14.6 Å². The van der Waals surface area contributed by atoms with E-state index in [0.29, 0.717) is 17.2 Å². The second-order valence-corrected chi connectivity index (χ2v) is 5.04. The van der Waals surface area contributed by atoms with Crippen molar-refractivity contribution in [2.24, 2.45) is 0 Å². The van der Waals surface area contributed by atoms with Gasteiger partial charge in [0.1, 0.15) is 0 Å². The maximum Gasteiger partial charge on any atom is 0.152 e. The Morgan fingerprint density at radius 2 is 2.16 bits per heavy atom. The number of carbonyl (C=O) groups is 1. The van der Waals surface area contributed by atoms with E-state index < -0.39 is 0 Å². The Morgan fingerprint density at radius 1 is 1.42 bits per heavy atom. The number of piperidine rings is 1. The zero-order valence-corrected chi connectivity index (χ0v) is 11.5. The van der Waals surface area contributed by atoms with Gasteiger partial charge in [-0.25, -0.2) is 0 Å². The first-order valence-corrected chi connectivity index (χ1v) is 6.84.